The van der Waals surface area contributed by atoms with Crippen LogP contribution in [0.4, 0.5) is 0 Å². The van der Waals surface area contributed by atoms with Gasteiger partial charge in [-0.3, -0.25) is 9.59 Å². The van der Waals surface area contributed by atoms with Gasteiger partial charge >= 0.3 is 0 Å². The fraction of sp³-hybridized carbons (Fsp3) is 0.0476. The summed E-state index contributed by atoms with van der Waals surface area (Å²) in [7, 11) is 0. The van der Waals surface area contributed by atoms with Gasteiger partial charge < -0.3 is 66.3 Å². The van der Waals surface area contributed by atoms with Crippen molar-refractivity contribution in [2.24, 2.45) is 0 Å². The average molecular weight is 774 g/mol. The molecule has 0 saturated carbocycles. The molecule has 0 unspecified atom stereocenters. The van der Waals surface area contributed by atoms with E-state index in [2.05, 4.69) is 10.6 Å². The number of aromatic hydroxyl groups is 10. The van der Waals surface area contributed by atoms with Crippen LogP contribution in [0.25, 0.3) is 34.4 Å². The van der Waals surface area contributed by atoms with Crippen LogP contribution in [0.1, 0.15) is 37.7 Å². The van der Waals surface area contributed by atoms with Gasteiger partial charge in [-0.05, 0) is 107 Å². The Morgan fingerprint density at radius 3 is 1.37 bits per heavy atom. The van der Waals surface area contributed by atoms with Crippen molar-refractivity contribution in [3.8, 4) is 79.7 Å². The number of phenolic OH excluding ortho intramolecular Hbond substituents is 10. The number of hydrogen-bond acceptors (Lipinski definition) is 12. The molecule has 0 bridgehead atoms. The zero-order chi connectivity index (χ0) is 41.0. The summed E-state index contributed by atoms with van der Waals surface area (Å²) in [6.07, 6.45) is 5.60. The van der Waals surface area contributed by atoms with Crippen LogP contribution in [-0.4, -0.2) is 67.4 Å². The van der Waals surface area contributed by atoms with Gasteiger partial charge in [0.1, 0.15) is 22.9 Å². The standard InChI is InChI=1S/C42H35N3O12/c46-27-6-1-22(2-7-27)11-14-43-41(56)37-35(25-18-31(50)39(54)32(51)19-25)36(26-20-33(52)40(55)34(53)21-26)38(45(37)16-13-23-3-8-28(47)9-4-23)42(57)44-15-12-24-5-10-29(48)30(49)17-24/h1-12,14-15,17-21,46-55H,13,16H2,(H,43,56)(H,44,57). The minimum Gasteiger partial charge on any atom is -0.508 e. The quantitative estimate of drug-likeness (QED) is 0.0685. The van der Waals surface area contributed by atoms with E-state index in [1.165, 1.54) is 71.6 Å². The van der Waals surface area contributed by atoms with Gasteiger partial charge in [-0.1, -0.05) is 30.3 Å². The second-order valence-corrected chi connectivity index (χ2v) is 12.7. The molecule has 0 atom stereocenters. The molecule has 0 fully saturated rings. The fourth-order valence-electron chi connectivity index (χ4n) is 6.07. The predicted molar refractivity (Wildman–Crippen MR) is 208 cm³/mol. The highest BCUT2D eigenvalue weighted by Crippen LogP contribution is 2.48. The van der Waals surface area contributed by atoms with Crippen LogP contribution in [-0.2, 0) is 13.0 Å². The van der Waals surface area contributed by atoms with Crippen LogP contribution in [0.5, 0.6) is 57.5 Å². The zero-order valence-electron chi connectivity index (χ0n) is 29.6. The number of rotatable bonds is 11. The number of carbonyl (C=O) groups excluding carboxylic acids is 2. The normalized spacial score (nSPS) is 11.3. The Kier molecular flexibility index (Phi) is 10.8. The van der Waals surface area contributed by atoms with Crippen molar-refractivity contribution < 1.29 is 60.7 Å². The smallest absolute Gasteiger partial charge is 0.272 e. The predicted octanol–water partition coefficient (Wildman–Crippen LogP) is 5.92. The maximum atomic E-state index is 14.5. The van der Waals surface area contributed by atoms with E-state index in [-0.39, 0.29) is 63.9 Å². The molecule has 15 heteroatoms. The van der Waals surface area contributed by atoms with Crippen molar-refractivity contribution in [1.82, 2.24) is 15.2 Å². The molecule has 1 heterocycles. The summed E-state index contributed by atoms with van der Waals surface area (Å²) in [4.78, 5) is 29.0. The molecule has 0 saturated heterocycles. The van der Waals surface area contributed by atoms with Gasteiger partial charge in [0.15, 0.2) is 46.0 Å². The first-order chi connectivity index (χ1) is 27.2. The molecule has 0 spiro atoms. The lowest BCUT2D eigenvalue weighted by molar-refractivity contribution is 0.0955. The highest BCUT2D eigenvalue weighted by atomic mass is 16.3. The van der Waals surface area contributed by atoms with Crippen molar-refractivity contribution in [1.29, 1.82) is 0 Å². The summed E-state index contributed by atoms with van der Waals surface area (Å²) in [5.74, 6) is -7.41. The molecule has 2 amide bonds. The number of phenols is 10. The SMILES string of the molecule is O=C(NC=Cc1ccc(O)cc1)c1c(-c2cc(O)c(O)c(O)c2)c(-c2cc(O)c(O)c(O)c2)c(C(=O)NC=Cc2ccc(O)c(O)c2)n1CCc1ccc(O)cc1. The first-order valence-electron chi connectivity index (χ1n) is 17.0. The van der Waals surface area contributed by atoms with Crippen LogP contribution in [0, 0.1) is 0 Å². The second-order valence-electron chi connectivity index (χ2n) is 12.7. The lowest BCUT2D eigenvalue weighted by Gasteiger charge is -2.14. The molecular formula is C42H35N3O12. The second kappa shape index (κ2) is 16.0. The van der Waals surface area contributed by atoms with E-state index in [1.807, 2.05) is 0 Å². The van der Waals surface area contributed by atoms with Crippen molar-refractivity contribution in [2.75, 3.05) is 0 Å². The lowest BCUT2D eigenvalue weighted by atomic mass is 9.93. The van der Waals surface area contributed by atoms with Gasteiger partial charge in [0, 0.05) is 30.1 Å². The van der Waals surface area contributed by atoms with E-state index in [9.17, 15) is 60.7 Å². The van der Waals surface area contributed by atoms with Crippen molar-refractivity contribution in [3.63, 3.8) is 0 Å². The van der Waals surface area contributed by atoms with Crippen LogP contribution in [0.3, 0.4) is 0 Å². The number of nitrogens with zero attached hydrogens (tertiary/aromatic N) is 1. The summed E-state index contributed by atoms with van der Waals surface area (Å²) < 4.78 is 1.33. The van der Waals surface area contributed by atoms with Gasteiger partial charge in [0.25, 0.3) is 11.8 Å². The van der Waals surface area contributed by atoms with Gasteiger partial charge in [-0.2, -0.15) is 0 Å². The van der Waals surface area contributed by atoms with Gasteiger partial charge in [-0.25, -0.2) is 0 Å². The maximum absolute atomic E-state index is 14.5. The first-order valence-corrected chi connectivity index (χ1v) is 17.0. The maximum Gasteiger partial charge on any atom is 0.272 e. The van der Waals surface area contributed by atoms with E-state index in [0.717, 1.165) is 24.3 Å². The van der Waals surface area contributed by atoms with Crippen LogP contribution in [0.2, 0.25) is 0 Å². The lowest BCUT2D eigenvalue weighted by Crippen LogP contribution is -2.27. The molecule has 5 aromatic carbocycles. The van der Waals surface area contributed by atoms with Gasteiger partial charge in [0.05, 0.1) is 0 Å². The summed E-state index contributed by atoms with van der Waals surface area (Å²) in [6, 6.07) is 20.3. The Morgan fingerprint density at radius 2 is 0.912 bits per heavy atom. The third kappa shape index (κ3) is 8.32. The first kappa shape index (κ1) is 38.5. The summed E-state index contributed by atoms with van der Waals surface area (Å²) >= 11 is 0. The van der Waals surface area contributed by atoms with Gasteiger partial charge in [0.2, 0.25) is 0 Å². The topological polar surface area (TPSA) is 265 Å². The summed E-state index contributed by atoms with van der Waals surface area (Å²) in [5, 5.41) is 108. The Bertz CT molecular complexity index is 2510. The Hall–Kier alpha value is -8.20. The highest BCUT2D eigenvalue weighted by Gasteiger charge is 2.33. The van der Waals surface area contributed by atoms with Crippen LogP contribution in [0.15, 0.2) is 103 Å². The number of aromatic nitrogens is 1. The molecular weight excluding hydrogens is 738 g/mol. The minimum absolute atomic E-state index is 0.00235. The largest absolute Gasteiger partial charge is 0.508 e. The van der Waals surface area contributed by atoms with Crippen molar-refractivity contribution in [2.45, 2.75) is 13.0 Å². The molecule has 15 nitrogen and oxygen atoms in total. The molecule has 0 aliphatic rings. The molecule has 12 N–H and O–H groups in total. The number of carbonyl (C=O) groups is 2. The van der Waals surface area contributed by atoms with Gasteiger partial charge in [-0.15, -0.1) is 0 Å². The number of amides is 2. The number of nitrogens with one attached hydrogen (secondary N) is 2. The van der Waals surface area contributed by atoms with Crippen LogP contribution >= 0.6 is 0 Å². The Morgan fingerprint density at radius 1 is 0.491 bits per heavy atom. The van der Waals surface area contributed by atoms with Crippen molar-refractivity contribution in [3.05, 3.63) is 131 Å². The monoisotopic (exact) mass is 773 g/mol. The summed E-state index contributed by atoms with van der Waals surface area (Å²) in [5.41, 5.74) is 0.637. The number of aryl methyl sites for hydroxylation is 1. The van der Waals surface area contributed by atoms with Crippen molar-refractivity contribution >= 4 is 24.0 Å². The molecule has 0 aliphatic carbocycles. The van der Waals surface area contributed by atoms with E-state index in [1.54, 1.807) is 24.3 Å². The van der Waals surface area contributed by atoms with E-state index in [0.29, 0.717) is 16.7 Å². The molecule has 6 rings (SSSR count). The number of benzene rings is 5. The summed E-state index contributed by atoms with van der Waals surface area (Å²) in [6.45, 7) is -0.118. The highest BCUT2D eigenvalue weighted by molar-refractivity contribution is 6.12. The Labute approximate surface area is 323 Å². The van der Waals surface area contributed by atoms with E-state index < -0.39 is 52.1 Å². The zero-order valence-corrected chi connectivity index (χ0v) is 29.6. The molecule has 57 heavy (non-hydrogen) atoms. The molecule has 0 radical (unpaired) electrons. The minimum atomic E-state index is -0.879. The number of hydrogen-bond donors (Lipinski definition) is 12. The molecule has 1 aromatic heterocycles. The molecule has 290 valence electrons. The third-order valence-electron chi connectivity index (χ3n) is 8.84. The molecule has 6 aromatic rings. The third-order valence-corrected chi connectivity index (χ3v) is 8.84. The molecule has 0 aliphatic heterocycles. The van der Waals surface area contributed by atoms with E-state index >= 15 is 0 Å². The fourth-order valence-corrected chi connectivity index (χ4v) is 6.07. The van der Waals surface area contributed by atoms with Crippen LogP contribution < -0.4 is 10.6 Å². The Balaban J connectivity index is 1.62. The van der Waals surface area contributed by atoms with E-state index in [4.69, 9.17) is 0 Å². The average Bonchev–Trinajstić information content (AvgIpc) is 3.53.